The lowest BCUT2D eigenvalue weighted by Gasteiger charge is -2.14. The highest BCUT2D eigenvalue weighted by Gasteiger charge is 2.21. The van der Waals surface area contributed by atoms with Gasteiger partial charge in [-0.15, -0.1) is 0 Å². The molecule has 0 aliphatic heterocycles. The second-order valence-corrected chi connectivity index (χ2v) is 3.39. The fraction of sp³-hybridized carbons (Fsp3) is 0.182. The summed E-state index contributed by atoms with van der Waals surface area (Å²) in [5, 5.41) is 0. The lowest BCUT2D eigenvalue weighted by molar-refractivity contribution is -0.121. The van der Waals surface area contributed by atoms with Crippen molar-refractivity contribution in [2.45, 2.75) is 12.5 Å². The molecule has 0 aliphatic rings. The normalized spacial score (nSPS) is 15.3. The fourth-order valence-corrected chi connectivity index (χ4v) is 0.916. The van der Waals surface area contributed by atoms with Crippen molar-refractivity contribution in [2.24, 2.45) is 11.5 Å². The molecule has 4 N–H and O–H groups in total. The minimum atomic E-state index is -1.09. The van der Waals surface area contributed by atoms with E-state index in [1.165, 1.54) is 0 Å². The predicted octanol–water partition coefficient (Wildman–Crippen LogP) is 0.903. The molecule has 0 fully saturated rings. The molecule has 3 heteroatoms. The number of hydrogen-bond donors (Lipinski definition) is 2. The molecule has 0 heterocycles. The van der Waals surface area contributed by atoms with Gasteiger partial charge < -0.3 is 11.5 Å². The average molecular weight is 190 g/mol. The number of amides is 1. The summed E-state index contributed by atoms with van der Waals surface area (Å²) in [6.07, 6.45) is 3.38. The zero-order valence-corrected chi connectivity index (χ0v) is 8.10. The van der Waals surface area contributed by atoms with Crippen molar-refractivity contribution < 1.29 is 4.79 Å². The lowest BCUT2D eigenvalue weighted by Crippen LogP contribution is -2.47. The van der Waals surface area contributed by atoms with Gasteiger partial charge in [-0.2, -0.15) is 0 Å². The first kappa shape index (κ1) is 10.5. The van der Waals surface area contributed by atoms with E-state index in [1.807, 2.05) is 30.3 Å². The molecule has 0 aliphatic carbocycles. The van der Waals surface area contributed by atoms with Gasteiger partial charge >= 0.3 is 0 Å². The van der Waals surface area contributed by atoms with Crippen LogP contribution in [0.1, 0.15) is 12.5 Å². The number of carbonyl (C=O) groups excluding carboxylic acids is 1. The zero-order chi connectivity index (χ0) is 10.6. The Hall–Kier alpha value is -1.61. The topological polar surface area (TPSA) is 69.1 Å². The monoisotopic (exact) mass is 190 g/mol. The van der Waals surface area contributed by atoms with Crippen LogP contribution in [0, 0.1) is 0 Å². The third kappa shape index (κ3) is 2.71. The van der Waals surface area contributed by atoms with Gasteiger partial charge in [0.1, 0.15) is 5.54 Å². The van der Waals surface area contributed by atoms with Crippen LogP contribution in [0.3, 0.4) is 0 Å². The molecule has 74 valence electrons. The molecule has 0 saturated carbocycles. The molecule has 3 nitrogen and oxygen atoms in total. The summed E-state index contributed by atoms with van der Waals surface area (Å²) in [5.74, 6) is -0.537. The van der Waals surface area contributed by atoms with Crippen molar-refractivity contribution in [3.05, 3.63) is 42.0 Å². The van der Waals surface area contributed by atoms with Gasteiger partial charge in [0.05, 0.1) is 0 Å². The van der Waals surface area contributed by atoms with Crippen molar-refractivity contribution in [3.8, 4) is 0 Å². The summed E-state index contributed by atoms with van der Waals surface area (Å²) < 4.78 is 0. The summed E-state index contributed by atoms with van der Waals surface area (Å²) in [5.41, 5.74) is 10.7. The van der Waals surface area contributed by atoms with Crippen LogP contribution < -0.4 is 11.5 Å². The first-order valence-corrected chi connectivity index (χ1v) is 4.35. The van der Waals surface area contributed by atoms with Crippen molar-refractivity contribution in [2.75, 3.05) is 0 Å². The van der Waals surface area contributed by atoms with Crippen molar-refractivity contribution in [3.63, 3.8) is 0 Å². The summed E-state index contributed by atoms with van der Waals surface area (Å²) in [4.78, 5) is 10.9. The minimum Gasteiger partial charge on any atom is -0.368 e. The molecule has 0 aromatic heterocycles. The van der Waals surface area contributed by atoms with Crippen LogP contribution in [0.4, 0.5) is 0 Å². The molecule has 1 unspecified atom stereocenters. The fourth-order valence-electron chi connectivity index (χ4n) is 0.916. The Balaban J connectivity index is 2.79. The molecule has 1 amide bonds. The third-order valence-electron chi connectivity index (χ3n) is 1.95. The Morgan fingerprint density at radius 1 is 1.36 bits per heavy atom. The van der Waals surface area contributed by atoms with E-state index in [4.69, 9.17) is 11.5 Å². The molecule has 0 saturated heterocycles. The first-order valence-electron chi connectivity index (χ1n) is 4.35. The SMILES string of the molecule is CC(N)(C=Cc1ccccc1)C(N)=O. The Labute approximate surface area is 83.4 Å². The van der Waals surface area contributed by atoms with Gasteiger partial charge in [-0.25, -0.2) is 0 Å². The second kappa shape index (κ2) is 4.07. The second-order valence-electron chi connectivity index (χ2n) is 3.39. The smallest absolute Gasteiger partial charge is 0.241 e. The first-order chi connectivity index (χ1) is 6.52. The van der Waals surface area contributed by atoms with Gasteiger partial charge in [-0.1, -0.05) is 42.5 Å². The summed E-state index contributed by atoms with van der Waals surface area (Å²) in [6.45, 7) is 1.58. The number of nitrogens with two attached hydrogens (primary N) is 2. The Bertz CT molecular complexity index is 342. The number of hydrogen-bond acceptors (Lipinski definition) is 2. The lowest BCUT2D eigenvalue weighted by atomic mass is 10.0. The molecule has 1 aromatic rings. The molecule has 14 heavy (non-hydrogen) atoms. The van der Waals surface area contributed by atoms with E-state index in [0.29, 0.717) is 0 Å². The summed E-state index contributed by atoms with van der Waals surface area (Å²) >= 11 is 0. The van der Waals surface area contributed by atoms with Gasteiger partial charge in [0, 0.05) is 0 Å². The van der Waals surface area contributed by atoms with Crippen molar-refractivity contribution in [1.82, 2.24) is 0 Å². The Morgan fingerprint density at radius 3 is 2.43 bits per heavy atom. The summed E-state index contributed by atoms with van der Waals surface area (Å²) in [7, 11) is 0. The van der Waals surface area contributed by atoms with Gasteiger partial charge in [0.15, 0.2) is 0 Å². The van der Waals surface area contributed by atoms with E-state index in [1.54, 1.807) is 19.1 Å². The van der Waals surface area contributed by atoms with E-state index in [9.17, 15) is 4.79 Å². The molecule has 1 aromatic carbocycles. The van der Waals surface area contributed by atoms with E-state index in [0.717, 1.165) is 5.56 Å². The number of rotatable bonds is 3. The Morgan fingerprint density at radius 2 is 1.93 bits per heavy atom. The minimum absolute atomic E-state index is 0.537. The molecule has 1 atom stereocenters. The maximum Gasteiger partial charge on any atom is 0.241 e. The van der Waals surface area contributed by atoms with Crippen LogP contribution >= 0.6 is 0 Å². The summed E-state index contributed by atoms with van der Waals surface area (Å²) in [6, 6.07) is 9.60. The van der Waals surface area contributed by atoms with Crippen LogP contribution in [0.2, 0.25) is 0 Å². The zero-order valence-electron chi connectivity index (χ0n) is 8.10. The predicted molar refractivity (Wildman–Crippen MR) is 57.3 cm³/mol. The van der Waals surface area contributed by atoms with E-state index < -0.39 is 11.4 Å². The third-order valence-corrected chi connectivity index (χ3v) is 1.95. The highest BCUT2D eigenvalue weighted by Crippen LogP contribution is 2.06. The van der Waals surface area contributed by atoms with Crippen molar-refractivity contribution >= 4 is 12.0 Å². The van der Waals surface area contributed by atoms with Crippen LogP contribution in [-0.2, 0) is 4.79 Å². The number of benzene rings is 1. The van der Waals surface area contributed by atoms with E-state index >= 15 is 0 Å². The molecule has 0 bridgehead atoms. The highest BCUT2D eigenvalue weighted by molar-refractivity contribution is 5.87. The van der Waals surface area contributed by atoms with E-state index in [-0.39, 0.29) is 0 Å². The van der Waals surface area contributed by atoms with Crippen LogP contribution in [0.5, 0.6) is 0 Å². The maximum atomic E-state index is 10.9. The quantitative estimate of drug-likeness (QED) is 0.743. The van der Waals surface area contributed by atoms with Crippen molar-refractivity contribution in [1.29, 1.82) is 0 Å². The Kier molecular flexibility index (Phi) is 3.04. The van der Waals surface area contributed by atoms with Crippen LogP contribution in [0.15, 0.2) is 36.4 Å². The van der Waals surface area contributed by atoms with Crippen LogP contribution in [0.25, 0.3) is 6.08 Å². The van der Waals surface area contributed by atoms with Gasteiger partial charge in [-0.3, -0.25) is 4.79 Å². The van der Waals surface area contributed by atoms with E-state index in [2.05, 4.69) is 0 Å². The molecular weight excluding hydrogens is 176 g/mol. The molecule has 1 rings (SSSR count). The van der Waals surface area contributed by atoms with Crippen LogP contribution in [-0.4, -0.2) is 11.4 Å². The van der Waals surface area contributed by atoms with Gasteiger partial charge in [-0.05, 0) is 12.5 Å². The average Bonchev–Trinajstić information content (AvgIpc) is 2.16. The molecular formula is C11H14N2O. The highest BCUT2D eigenvalue weighted by atomic mass is 16.1. The largest absolute Gasteiger partial charge is 0.368 e. The standard InChI is InChI=1S/C11H14N2O/c1-11(13,10(12)14)8-7-9-5-3-2-4-6-9/h2-8H,13H2,1H3,(H2,12,14). The number of primary amides is 1. The van der Waals surface area contributed by atoms with Gasteiger partial charge in [0.2, 0.25) is 5.91 Å². The molecule has 0 spiro atoms. The maximum absolute atomic E-state index is 10.9. The van der Waals surface area contributed by atoms with Gasteiger partial charge in [0.25, 0.3) is 0 Å². The number of carbonyl (C=O) groups is 1. The molecule has 0 radical (unpaired) electrons.